The van der Waals surface area contributed by atoms with Crippen molar-refractivity contribution in [2.75, 3.05) is 36.8 Å². The fourth-order valence-corrected chi connectivity index (χ4v) is 3.86. The van der Waals surface area contributed by atoms with Crippen molar-refractivity contribution < 1.29 is 0 Å². The SMILES string of the molecule is Cn1c(=O)[nH]c(=O)c2c1nc(N1CCNCC1)n2CCSc1ncccn1. The number of nitrogens with zero attached hydrogens (tertiary/aromatic N) is 6. The van der Waals surface area contributed by atoms with E-state index in [1.54, 1.807) is 25.5 Å². The molecule has 10 nitrogen and oxygen atoms in total. The van der Waals surface area contributed by atoms with Gasteiger partial charge in [0.1, 0.15) is 0 Å². The highest BCUT2D eigenvalue weighted by atomic mass is 32.2. The maximum atomic E-state index is 12.5. The Hall–Kier alpha value is -2.66. The molecular formula is C16H20N8O2S. The minimum absolute atomic E-state index is 0.401. The minimum Gasteiger partial charge on any atom is -0.340 e. The number of piperazine rings is 1. The van der Waals surface area contributed by atoms with Crippen molar-refractivity contribution in [3.63, 3.8) is 0 Å². The highest BCUT2D eigenvalue weighted by Crippen LogP contribution is 2.21. The van der Waals surface area contributed by atoms with Crippen LogP contribution in [0.1, 0.15) is 0 Å². The van der Waals surface area contributed by atoms with Gasteiger partial charge in [-0.15, -0.1) is 0 Å². The number of thioether (sulfide) groups is 1. The van der Waals surface area contributed by atoms with Crippen LogP contribution >= 0.6 is 11.8 Å². The Balaban J connectivity index is 1.72. The Kier molecular flexibility index (Phi) is 4.94. The smallest absolute Gasteiger partial charge is 0.329 e. The molecule has 0 unspecified atom stereocenters. The minimum atomic E-state index is -0.462. The summed E-state index contributed by atoms with van der Waals surface area (Å²) in [5.74, 6) is 1.39. The van der Waals surface area contributed by atoms with Gasteiger partial charge >= 0.3 is 5.69 Å². The van der Waals surface area contributed by atoms with Gasteiger partial charge in [0.15, 0.2) is 16.3 Å². The van der Waals surface area contributed by atoms with E-state index >= 15 is 0 Å². The number of imidazole rings is 1. The summed E-state index contributed by atoms with van der Waals surface area (Å²) < 4.78 is 3.28. The van der Waals surface area contributed by atoms with Crippen LogP contribution < -0.4 is 21.5 Å². The molecule has 0 aromatic carbocycles. The van der Waals surface area contributed by atoms with Crippen molar-refractivity contribution in [2.45, 2.75) is 11.7 Å². The van der Waals surface area contributed by atoms with E-state index in [9.17, 15) is 9.59 Å². The zero-order valence-corrected chi connectivity index (χ0v) is 15.7. The van der Waals surface area contributed by atoms with Crippen LogP contribution in [0.5, 0.6) is 0 Å². The predicted molar refractivity (Wildman–Crippen MR) is 103 cm³/mol. The van der Waals surface area contributed by atoms with Crippen molar-refractivity contribution in [3.05, 3.63) is 39.3 Å². The summed E-state index contributed by atoms with van der Waals surface area (Å²) in [7, 11) is 1.62. The Morgan fingerprint density at radius 2 is 1.93 bits per heavy atom. The standard InChI is InChI=1S/C16H20N8O2S/c1-22-12-11(13(25)21-16(22)26)24(9-10-27-14-18-3-2-4-19-14)15(20-12)23-7-5-17-6-8-23/h2-4,17H,5-10H2,1H3,(H,21,25,26). The monoisotopic (exact) mass is 388 g/mol. The van der Waals surface area contributed by atoms with Crippen LogP contribution in [-0.4, -0.2) is 61.0 Å². The summed E-state index contributed by atoms with van der Waals surface area (Å²) in [5, 5.41) is 4.00. The first kappa shape index (κ1) is 17.7. The number of hydrogen-bond acceptors (Lipinski definition) is 8. The number of hydrogen-bond donors (Lipinski definition) is 2. The van der Waals surface area contributed by atoms with Gasteiger partial charge in [-0.25, -0.2) is 14.8 Å². The fraction of sp³-hybridized carbons (Fsp3) is 0.438. The zero-order valence-electron chi connectivity index (χ0n) is 14.9. The molecule has 1 aliphatic heterocycles. The normalized spacial score (nSPS) is 14.8. The quantitative estimate of drug-likeness (QED) is 0.441. The molecule has 142 valence electrons. The van der Waals surface area contributed by atoms with Crippen LogP contribution in [0.4, 0.5) is 5.95 Å². The largest absolute Gasteiger partial charge is 0.340 e. The second kappa shape index (κ2) is 7.53. The van der Waals surface area contributed by atoms with E-state index in [-0.39, 0.29) is 0 Å². The summed E-state index contributed by atoms with van der Waals surface area (Å²) in [6.07, 6.45) is 3.41. The van der Waals surface area contributed by atoms with Crippen LogP contribution in [0, 0.1) is 0 Å². The predicted octanol–water partition coefficient (Wildman–Crippen LogP) is -0.585. The number of nitrogens with one attached hydrogen (secondary N) is 2. The van der Waals surface area contributed by atoms with E-state index in [1.807, 2.05) is 4.57 Å². The maximum absolute atomic E-state index is 12.5. The van der Waals surface area contributed by atoms with Crippen LogP contribution in [0.3, 0.4) is 0 Å². The Morgan fingerprint density at radius 1 is 1.19 bits per heavy atom. The Bertz CT molecular complexity index is 1050. The van der Waals surface area contributed by atoms with E-state index in [0.29, 0.717) is 34.6 Å². The molecule has 1 saturated heterocycles. The summed E-state index contributed by atoms with van der Waals surface area (Å²) in [6, 6.07) is 1.77. The highest BCUT2D eigenvalue weighted by Gasteiger charge is 2.22. The summed E-state index contributed by atoms with van der Waals surface area (Å²) in [6.45, 7) is 3.85. The van der Waals surface area contributed by atoms with Crippen LogP contribution in [0.15, 0.2) is 33.2 Å². The van der Waals surface area contributed by atoms with Crippen LogP contribution in [0.2, 0.25) is 0 Å². The van der Waals surface area contributed by atoms with Gasteiger partial charge in [-0.1, -0.05) is 11.8 Å². The first-order valence-electron chi connectivity index (χ1n) is 8.70. The number of rotatable bonds is 5. The lowest BCUT2D eigenvalue weighted by molar-refractivity contribution is 0.570. The lowest BCUT2D eigenvalue weighted by atomic mass is 10.4. The van der Waals surface area contributed by atoms with E-state index in [1.165, 1.54) is 16.3 Å². The van der Waals surface area contributed by atoms with Gasteiger partial charge < -0.3 is 14.8 Å². The second-order valence-electron chi connectivity index (χ2n) is 6.17. The molecule has 2 N–H and O–H groups in total. The van der Waals surface area contributed by atoms with Gasteiger partial charge in [0.25, 0.3) is 5.56 Å². The van der Waals surface area contributed by atoms with E-state index in [4.69, 9.17) is 0 Å². The molecular weight excluding hydrogens is 368 g/mol. The second-order valence-corrected chi connectivity index (χ2v) is 7.23. The molecule has 3 aromatic rings. The van der Waals surface area contributed by atoms with Gasteiger partial charge in [0.2, 0.25) is 5.95 Å². The molecule has 4 rings (SSSR count). The molecule has 1 fully saturated rings. The van der Waals surface area contributed by atoms with E-state index in [0.717, 1.165) is 26.2 Å². The number of fused-ring (bicyclic) bond motifs is 1. The Morgan fingerprint density at radius 3 is 2.67 bits per heavy atom. The molecule has 0 amide bonds. The third-order valence-electron chi connectivity index (χ3n) is 4.47. The molecule has 0 saturated carbocycles. The number of aromatic amines is 1. The van der Waals surface area contributed by atoms with Crippen molar-refractivity contribution in [1.82, 2.24) is 34.4 Å². The lowest BCUT2D eigenvalue weighted by Gasteiger charge is -2.28. The Labute approximate surface area is 158 Å². The number of aryl methyl sites for hydroxylation is 2. The van der Waals surface area contributed by atoms with Crippen molar-refractivity contribution in [2.24, 2.45) is 7.05 Å². The number of H-pyrrole nitrogens is 1. The van der Waals surface area contributed by atoms with Crippen LogP contribution in [0.25, 0.3) is 11.2 Å². The summed E-state index contributed by atoms with van der Waals surface area (Å²) in [5.41, 5.74) is -0.0579. The first-order valence-corrected chi connectivity index (χ1v) is 9.69. The fourth-order valence-electron chi connectivity index (χ4n) is 3.13. The van der Waals surface area contributed by atoms with Gasteiger partial charge in [0, 0.05) is 57.9 Å². The maximum Gasteiger partial charge on any atom is 0.329 e. The lowest BCUT2D eigenvalue weighted by Crippen LogP contribution is -2.44. The average Bonchev–Trinajstić information content (AvgIpc) is 3.08. The number of anilines is 1. The summed E-state index contributed by atoms with van der Waals surface area (Å²) in [4.78, 5) is 42.1. The third-order valence-corrected chi connectivity index (χ3v) is 5.33. The first-order chi connectivity index (χ1) is 13.1. The van der Waals surface area contributed by atoms with Gasteiger partial charge in [0.05, 0.1) is 0 Å². The number of aromatic nitrogens is 6. The van der Waals surface area contributed by atoms with Gasteiger partial charge in [-0.05, 0) is 6.07 Å². The molecule has 27 heavy (non-hydrogen) atoms. The molecule has 0 atom stereocenters. The zero-order chi connectivity index (χ0) is 18.8. The molecule has 1 aliphatic rings. The highest BCUT2D eigenvalue weighted by molar-refractivity contribution is 7.99. The molecule has 4 heterocycles. The molecule has 11 heteroatoms. The van der Waals surface area contributed by atoms with Crippen LogP contribution in [-0.2, 0) is 13.6 Å². The van der Waals surface area contributed by atoms with E-state index < -0.39 is 11.2 Å². The third kappa shape index (κ3) is 3.47. The van der Waals surface area contributed by atoms with Crippen molar-refractivity contribution in [1.29, 1.82) is 0 Å². The van der Waals surface area contributed by atoms with Crippen molar-refractivity contribution >= 4 is 28.9 Å². The topological polar surface area (TPSA) is 114 Å². The molecule has 0 radical (unpaired) electrons. The average molecular weight is 388 g/mol. The molecule has 0 bridgehead atoms. The van der Waals surface area contributed by atoms with Gasteiger partial charge in [-0.2, -0.15) is 4.98 Å². The summed E-state index contributed by atoms with van der Waals surface area (Å²) >= 11 is 1.51. The van der Waals surface area contributed by atoms with Crippen molar-refractivity contribution in [3.8, 4) is 0 Å². The molecule has 0 aliphatic carbocycles. The molecule has 0 spiro atoms. The van der Waals surface area contributed by atoms with E-state index in [2.05, 4.69) is 30.2 Å². The molecule has 3 aromatic heterocycles. The van der Waals surface area contributed by atoms with Gasteiger partial charge in [-0.3, -0.25) is 14.3 Å².